The van der Waals surface area contributed by atoms with E-state index in [1.807, 2.05) is 0 Å². The Labute approximate surface area is 111 Å². The molecule has 0 aliphatic carbocycles. The molecule has 0 aromatic heterocycles. The van der Waals surface area contributed by atoms with E-state index in [4.69, 9.17) is 0 Å². The van der Waals surface area contributed by atoms with Crippen molar-refractivity contribution in [3.05, 3.63) is 35.6 Å². The number of nitrogens with zero attached hydrogens (tertiary/aromatic N) is 1. The van der Waals surface area contributed by atoms with Crippen molar-refractivity contribution < 1.29 is 14.0 Å². The summed E-state index contributed by atoms with van der Waals surface area (Å²) in [5.74, 6) is -0.813. The van der Waals surface area contributed by atoms with Crippen molar-refractivity contribution in [3.8, 4) is 0 Å². The molecular weight excluding hydrogens is 247 g/mol. The zero-order valence-corrected chi connectivity index (χ0v) is 11.0. The first-order valence-corrected chi connectivity index (χ1v) is 6.34. The molecule has 1 unspecified atom stereocenters. The molecule has 0 saturated carbocycles. The van der Waals surface area contributed by atoms with Crippen molar-refractivity contribution in [1.29, 1.82) is 0 Å². The van der Waals surface area contributed by atoms with Gasteiger partial charge in [0.2, 0.25) is 11.8 Å². The zero-order valence-electron chi connectivity index (χ0n) is 11.0. The molecule has 1 aliphatic rings. The average molecular weight is 264 g/mol. The number of carbonyl (C=O) groups is 2. The molecule has 19 heavy (non-hydrogen) atoms. The third-order valence-electron chi connectivity index (χ3n) is 3.17. The zero-order chi connectivity index (χ0) is 14.0. The summed E-state index contributed by atoms with van der Waals surface area (Å²) < 4.78 is 13.0. The molecule has 0 spiro atoms. The van der Waals surface area contributed by atoms with Crippen LogP contribution in [0.25, 0.3) is 0 Å². The average Bonchev–Trinajstić information content (AvgIpc) is 2.39. The molecule has 2 amide bonds. The van der Waals surface area contributed by atoms with Crippen molar-refractivity contribution in [2.75, 3.05) is 13.1 Å². The van der Waals surface area contributed by atoms with E-state index < -0.39 is 6.04 Å². The van der Waals surface area contributed by atoms with E-state index in [-0.39, 0.29) is 23.5 Å². The van der Waals surface area contributed by atoms with Crippen molar-refractivity contribution in [2.45, 2.75) is 19.9 Å². The van der Waals surface area contributed by atoms with E-state index in [1.54, 1.807) is 30.9 Å². The molecule has 1 aromatic carbocycles. The van der Waals surface area contributed by atoms with Gasteiger partial charge in [0.05, 0.1) is 0 Å². The number of halogens is 1. The maximum absolute atomic E-state index is 13.0. The summed E-state index contributed by atoms with van der Waals surface area (Å²) in [6.07, 6.45) is 0. The number of hydrogen-bond acceptors (Lipinski definition) is 2. The van der Waals surface area contributed by atoms with Crippen LogP contribution in [0.1, 0.15) is 25.5 Å². The van der Waals surface area contributed by atoms with Crippen LogP contribution >= 0.6 is 0 Å². The second kappa shape index (κ2) is 5.38. The lowest BCUT2D eigenvalue weighted by Gasteiger charge is -2.36. The van der Waals surface area contributed by atoms with Crippen LogP contribution in [-0.2, 0) is 9.59 Å². The predicted molar refractivity (Wildman–Crippen MR) is 68.7 cm³/mol. The van der Waals surface area contributed by atoms with Crippen LogP contribution in [0.4, 0.5) is 4.39 Å². The molecule has 4 nitrogen and oxygen atoms in total. The van der Waals surface area contributed by atoms with Crippen LogP contribution in [0.2, 0.25) is 0 Å². The number of amides is 2. The van der Waals surface area contributed by atoms with E-state index >= 15 is 0 Å². The van der Waals surface area contributed by atoms with Crippen molar-refractivity contribution >= 4 is 11.8 Å². The van der Waals surface area contributed by atoms with Gasteiger partial charge in [-0.05, 0) is 17.7 Å². The lowest BCUT2D eigenvalue weighted by Crippen LogP contribution is -2.53. The Morgan fingerprint density at radius 2 is 2.00 bits per heavy atom. The summed E-state index contributed by atoms with van der Waals surface area (Å²) in [4.78, 5) is 25.8. The van der Waals surface area contributed by atoms with Gasteiger partial charge in [-0.1, -0.05) is 26.0 Å². The summed E-state index contributed by atoms with van der Waals surface area (Å²) in [6.45, 7) is 4.53. The minimum Gasteiger partial charge on any atom is -0.352 e. The number of benzene rings is 1. The predicted octanol–water partition coefficient (Wildman–Crippen LogP) is 1.48. The highest BCUT2D eigenvalue weighted by molar-refractivity contribution is 5.90. The summed E-state index contributed by atoms with van der Waals surface area (Å²) in [5, 5.41) is 2.74. The van der Waals surface area contributed by atoms with Gasteiger partial charge in [-0.25, -0.2) is 4.39 Å². The molecule has 2 rings (SSSR count). The Balaban J connectivity index is 2.33. The van der Waals surface area contributed by atoms with E-state index in [0.717, 1.165) is 0 Å². The lowest BCUT2D eigenvalue weighted by molar-refractivity contribution is -0.145. The van der Waals surface area contributed by atoms with Crippen LogP contribution < -0.4 is 5.32 Å². The van der Waals surface area contributed by atoms with Crippen molar-refractivity contribution in [2.24, 2.45) is 5.92 Å². The molecule has 1 aliphatic heterocycles. The van der Waals surface area contributed by atoms with Gasteiger partial charge in [-0.3, -0.25) is 9.59 Å². The van der Waals surface area contributed by atoms with Gasteiger partial charge in [0.15, 0.2) is 0 Å². The standard InChI is InChI=1S/C14H17FN2O2/c1-9(2)14(19)17-8-7-16-13(18)12(17)10-3-5-11(15)6-4-10/h3-6,9,12H,7-8H2,1-2H3,(H,16,18). The van der Waals surface area contributed by atoms with Gasteiger partial charge in [0.1, 0.15) is 11.9 Å². The third kappa shape index (κ3) is 2.75. The van der Waals surface area contributed by atoms with Gasteiger partial charge >= 0.3 is 0 Å². The number of nitrogens with one attached hydrogen (secondary N) is 1. The maximum Gasteiger partial charge on any atom is 0.247 e. The second-order valence-electron chi connectivity index (χ2n) is 4.93. The van der Waals surface area contributed by atoms with Gasteiger partial charge in [0, 0.05) is 19.0 Å². The fourth-order valence-corrected chi connectivity index (χ4v) is 2.21. The molecule has 1 fully saturated rings. The monoisotopic (exact) mass is 264 g/mol. The minimum absolute atomic E-state index is 0.0656. The van der Waals surface area contributed by atoms with E-state index in [9.17, 15) is 14.0 Å². The van der Waals surface area contributed by atoms with E-state index in [1.165, 1.54) is 12.1 Å². The molecule has 1 saturated heterocycles. The summed E-state index contributed by atoms with van der Waals surface area (Å²) >= 11 is 0. The Bertz CT molecular complexity index is 485. The second-order valence-corrected chi connectivity index (χ2v) is 4.93. The van der Waals surface area contributed by atoms with Gasteiger partial charge in [-0.2, -0.15) is 0 Å². The Morgan fingerprint density at radius 1 is 1.37 bits per heavy atom. The topological polar surface area (TPSA) is 49.4 Å². The normalized spacial score (nSPS) is 19.5. The van der Waals surface area contributed by atoms with Crippen LogP contribution in [0.5, 0.6) is 0 Å². The number of hydrogen-bond donors (Lipinski definition) is 1. The Kier molecular flexibility index (Phi) is 3.83. The number of rotatable bonds is 2. The van der Waals surface area contributed by atoms with Gasteiger partial charge in [0.25, 0.3) is 0 Å². The highest BCUT2D eigenvalue weighted by Crippen LogP contribution is 2.25. The highest BCUT2D eigenvalue weighted by Gasteiger charge is 2.34. The molecule has 5 heteroatoms. The van der Waals surface area contributed by atoms with Crippen LogP contribution in [0.3, 0.4) is 0 Å². The van der Waals surface area contributed by atoms with E-state index in [2.05, 4.69) is 5.32 Å². The van der Waals surface area contributed by atoms with Crippen LogP contribution in [-0.4, -0.2) is 29.8 Å². The smallest absolute Gasteiger partial charge is 0.247 e. The lowest BCUT2D eigenvalue weighted by atomic mass is 10.0. The first-order chi connectivity index (χ1) is 9.00. The first kappa shape index (κ1) is 13.5. The van der Waals surface area contributed by atoms with Crippen molar-refractivity contribution in [1.82, 2.24) is 10.2 Å². The first-order valence-electron chi connectivity index (χ1n) is 6.34. The SMILES string of the molecule is CC(C)C(=O)N1CCNC(=O)C1c1ccc(F)cc1. The Hall–Kier alpha value is -1.91. The number of carbonyl (C=O) groups excluding carboxylic acids is 2. The van der Waals surface area contributed by atoms with Crippen LogP contribution in [0, 0.1) is 11.7 Å². The maximum atomic E-state index is 13.0. The largest absolute Gasteiger partial charge is 0.352 e. The van der Waals surface area contributed by atoms with Gasteiger partial charge < -0.3 is 10.2 Å². The molecule has 0 radical (unpaired) electrons. The molecule has 1 aromatic rings. The molecular formula is C14H17FN2O2. The fraction of sp³-hybridized carbons (Fsp3) is 0.429. The van der Waals surface area contributed by atoms with Crippen molar-refractivity contribution in [3.63, 3.8) is 0 Å². The Morgan fingerprint density at radius 3 is 2.58 bits per heavy atom. The van der Waals surface area contributed by atoms with E-state index in [0.29, 0.717) is 18.7 Å². The minimum atomic E-state index is -0.663. The quantitative estimate of drug-likeness (QED) is 0.879. The molecule has 1 atom stereocenters. The third-order valence-corrected chi connectivity index (χ3v) is 3.17. The molecule has 0 bridgehead atoms. The summed E-state index contributed by atoms with van der Waals surface area (Å²) in [5.41, 5.74) is 0.632. The summed E-state index contributed by atoms with van der Waals surface area (Å²) in [6, 6.07) is 5.03. The number of piperazine rings is 1. The molecule has 1 heterocycles. The molecule has 102 valence electrons. The molecule has 1 N–H and O–H groups in total. The highest BCUT2D eigenvalue weighted by atomic mass is 19.1. The summed E-state index contributed by atoms with van der Waals surface area (Å²) in [7, 11) is 0. The fourth-order valence-electron chi connectivity index (χ4n) is 2.21. The van der Waals surface area contributed by atoms with Crippen LogP contribution in [0.15, 0.2) is 24.3 Å². The van der Waals surface area contributed by atoms with Gasteiger partial charge in [-0.15, -0.1) is 0 Å².